The molecule has 28 heavy (non-hydrogen) atoms. The van der Waals surface area contributed by atoms with Crippen LogP contribution in [0, 0.1) is 0 Å². The van der Waals surface area contributed by atoms with Gasteiger partial charge in [0.1, 0.15) is 23.1 Å². The van der Waals surface area contributed by atoms with Crippen molar-refractivity contribution in [2.75, 3.05) is 5.32 Å². The molecule has 3 aromatic rings. The van der Waals surface area contributed by atoms with Gasteiger partial charge in [-0.2, -0.15) is 0 Å². The predicted octanol–water partition coefficient (Wildman–Crippen LogP) is 4.54. The van der Waals surface area contributed by atoms with Crippen molar-refractivity contribution < 1.29 is 19.1 Å². The van der Waals surface area contributed by atoms with E-state index >= 15 is 0 Å². The van der Waals surface area contributed by atoms with E-state index in [4.69, 9.17) is 21.1 Å². The van der Waals surface area contributed by atoms with Crippen LogP contribution in [-0.4, -0.2) is 23.0 Å². The highest BCUT2D eigenvalue weighted by Gasteiger charge is 2.25. The Bertz CT molecular complexity index is 1050. The molecule has 0 fully saturated rings. The van der Waals surface area contributed by atoms with Crippen molar-refractivity contribution in [3.63, 3.8) is 0 Å². The molecule has 1 atom stereocenters. The van der Waals surface area contributed by atoms with Crippen LogP contribution in [0.2, 0.25) is 5.02 Å². The second kappa shape index (κ2) is 7.61. The summed E-state index contributed by atoms with van der Waals surface area (Å²) in [6.45, 7) is 1.91. The maximum absolute atomic E-state index is 12.5. The number of carbonyl (C=O) groups excluding carboxylic acids is 2. The Balaban J connectivity index is 1.45. The summed E-state index contributed by atoms with van der Waals surface area (Å²) in [6.07, 6.45) is 0.442. The Labute approximate surface area is 170 Å². The maximum atomic E-state index is 12.5. The number of nitrogens with zero attached hydrogens (tertiary/aromatic N) is 1. The highest BCUT2D eigenvalue weighted by atomic mass is 35.5. The van der Waals surface area contributed by atoms with Crippen molar-refractivity contribution in [3.8, 4) is 16.2 Å². The molecule has 0 saturated carbocycles. The van der Waals surface area contributed by atoms with Crippen LogP contribution in [0.3, 0.4) is 0 Å². The van der Waals surface area contributed by atoms with Gasteiger partial charge in [0.2, 0.25) is 0 Å². The zero-order chi connectivity index (χ0) is 19.7. The Morgan fingerprint density at radius 1 is 1.29 bits per heavy atom. The lowest BCUT2D eigenvalue weighted by Crippen LogP contribution is -2.30. The van der Waals surface area contributed by atoms with Gasteiger partial charge in [0.25, 0.3) is 5.91 Å². The number of thiophene rings is 1. The fraction of sp³-hybridized carbons (Fsp3) is 0.150. The zero-order valence-corrected chi connectivity index (χ0v) is 16.3. The molecule has 1 aliphatic rings. The van der Waals surface area contributed by atoms with E-state index in [9.17, 15) is 9.59 Å². The third-order valence-corrected chi connectivity index (χ3v) is 5.57. The summed E-state index contributed by atoms with van der Waals surface area (Å²) in [5.41, 5.74) is 1.88. The van der Waals surface area contributed by atoms with Crippen LogP contribution in [0.4, 0.5) is 5.82 Å². The number of carbonyl (C=O) groups is 2. The summed E-state index contributed by atoms with van der Waals surface area (Å²) in [4.78, 5) is 30.2. The quantitative estimate of drug-likeness (QED) is 0.634. The van der Waals surface area contributed by atoms with E-state index in [1.54, 1.807) is 18.2 Å². The van der Waals surface area contributed by atoms with Crippen molar-refractivity contribution in [1.82, 2.24) is 4.98 Å². The number of anilines is 1. The van der Waals surface area contributed by atoms with Gasteiger partial charge >= 0.3 is 5.97 Å². The summed E-state index contributed by atoms with van der Waals surface area (Å²) in [5.74, 6) is 0.0967. The molecule has 142 valence electrons. The lowest BCUT2D eigenvalue weighted by atomic mass is 10.1. The molecular formula is C20H15ClN2O4S. The van der Waals surface area contributed by atoms with E-state index in [0.29, 0.717) is 22.3 Å². The minimum absolute atomic E-state index is 0.331. The van der Waals surface area contributed by atoms with E-state index < -0.39 is 18.0 Å². The molecule has 3 heterocycles. The first kappa shape index (κ1) is 18.5. The lowest BCUT2D eigenvalue weighted by molar-refractivity contribution is -0.123. The van der Waals surface area contributed by atoms with E-state index in [2.05, 4.69) is 10.3 Å². The normalized spacial score (nSPS) is 12.9. The number of rotatable bonds is 4. The van der Waals surface area contributed by atoms with Crippen LogP contribution >= 0.6 is 22.9 Å². The van der Waals surface area contributed by atoms with Crippen molar-refractivity contribution in [3.05, 3.63) is 64.1 Å². The molecular weight excluding hydrogens is 400 g/mol. The monoisotopic (exact) mass is 414 g/mol. The number of halogens is 1. The fourth-order valence-electron chi connectivity index (χ4n) is 2.75. The highest BCUT2D eigenvalue weighted by molar-refractivity contribution is 7.17. The van der Waals surface area contributed by atoms with Crippen molar-refractivity contribution in [1.29, 1.82) is 0 Å². The van der Waals surface area contributed by atoms with E-state index in [0.717, 1.165) is 21.8 Å². The van der Waals surface area contributed by atoms with Gasteiger partial charge in [-0.3, -0.25) is 4.79 Å². The van der Waals surface area contributed by atoms with Gasteiger partial charge in [-0.05, 0) is 37.3 Å². The molecule has 6 nitrogen and oxygen atoms in total. The number of hydrogen-bond donors (Lipinski definition) is 1. The third kappa shape index (κ3) is 3.72. The molecule has 0 saturated heterocycles. The molecule has 0 aliphatic carbocycles. The predicted molar refractivity (Wildman–Crippen MR) is 107 cm³/mol. The van der Waals surface area contributed by atoms with Gasteiger partial charge in [0.05, 0.1) is 5.02 Å². The Kier molecular flexibility index (Phi) is 5.02. The van der Waals surface area contributed by atoms with E-state index in [-0.39, 0.29) is 0 Å². The first-order chi connectivity index (χ1) is 13.5. The number of benzene rings is 1. The number of nitrogens with one attached hydrogen (secondary N) is 1. The van der Waals surface area contributed by atoms with Crippen LogP contribution in [0.1, 0.15) is 22.2 Å². The Morgan fingerprint density at radius 3 is 2.89 bits per heavy atom. The van der Waals surface area contributed by atoms with Crippen LogP contribution in [0.15, 0.2) is 48.7 Å². The van der Waals surface area contributed by atoms with E-state index in [1.807, 2.05) is 24.3 Å². The van der Waals surface area contributed by atoms with Crippen LogP contribution in [0.5, 0.6) is 5.75 Å². The first-order valence-corrected chi connectivity index (χ1v) is 9.69. The van der Waals surface area contributed by atoms with Crippen molar-refractivity contribution in [2.45, 2.75) is 19.6 Å². The molecule has 1 amide bonds. The number of esters is 1. The topological polar surface area (TPSA) is 77.5 Å². The number of aromatic nitrogens is 1. The largest absolute Gasteiger partial charge is 0.488 e. The summed E-state index contributed by atoms with van der Waals surface area (Å²) < 4.78 is 11.0. The van der Waals surface area contributed by atoms with Gasteiger partial charge in [-0.1, -0.05) is 23.7 Å². The number of amides is 1. The molecule has 8 heteroatoms. The summed E-state index contributed by atoms with van der Waals surface area (Å²) >= 11 is 7.10. The lowest BCUT2D eigenvalue weighted by Gasteiger charge is -2.16. The van der Waals surface area contributed by atoms with E-state index in [1.165, 1.54) is 24.5 Å². The average molecular weight is 415 g/mol. The number of fused-ring (bicyclic) bond motifs is 3. The minimum Gasteiger partial charge on any atom is -0.488 e. The van der Waals surface area contributed by atoms with Crippen LogP contribution in [0.25, 0.3) is 10.4 Å². The summed E-state index contributed by atoms with van der Waals surface area (Å²) in [6, 6.07) is 12.6. The molecule has 1 N–H and O–H groups in total. The number of pyridine rings is 1. The Morgan fingerprint density at radius 2 is 2.11 bits per heavy atom. The molecule has 1 aliphatic heterocycles. The van der Waals surface area contributed by atoms with Gasteiger partial charge in [0.15, 0.2) is 6.10 Å². The molecule has 0 unspecified atom stereocenters. The minimum atomic E-state index is -0.979. The third-order valence-electron chi connectivity index (χ3n) is 4.16. The van der Waals surface area contributed by atoms with Gasteiger partial charge in [-0.25, -0.2) is 9.78 Å². The molecule has 1 aromatic carbocycles. The highest BCUT2D eigenvalue weighted by Crippen LogP contribution is 2.42. The molecule has 0 bridgehead atoms. The van der Waals surface area contributed by atoms with Gasteiger partial charge in [0, 0.05) is 22.2 Å². The maximum Gasteiger partial charge on any atom is 0.349 e. The molecule has 4 rings (SSSR count). The molecule has 0 spiro atoms. The first-order valence-electron chi connectivity index (χ1n) is 8.49. The van der Waals surface area contributed by atoms with Crippen LogP contribution < -0.4 is 10.1 Å². The van der Waals surface area contributed by atoms with Gasteiger partial charge < -0.3 is 14.8 Å². The SMILES string of the molecule is C[C@@H](OC(=O)c1cc2c(s1)-c1ccccc1OC2)C(=O)Nc1ccc(Cl)cn1. The summed E-state index contributed by atoms with van der Waals surface area (Å²) in [7, 11) is 0. The Hall–Kier alpha value is -2.90. The molecule has 0 radical (unpaired) electrons. The van der Waals surface area contributed by atoms with Gasteiger partial charge in [-0.15, -0.1) is 11.3 Å². The fourth-order valence-corrected chi connectivity index (χ4v) is 3.94. The second-order valence-electron chi connectivity index (χ2n) is 6.15. The standard InChI is InChI=1S/C20H15ClN2O4S/c1-11(19(24)23-17-7-6-13(21)9-22-17)27-20(25)16-8-12-10-26-15-5-3-2-4-14(15)18(12)28-16/h2-9,11H,10H2,1H3,(H,22,23,24)/t11-/m1/s1. The van der Waals surface area contributed by atoms with Crippen molar-refractivity contribution >= 4 is 40.6 Å². The molecule has 2 aromatic heterocycles. The number of para-hydroxylation sites is 1. The van der Waals surface area contributed by atoms with Crippen molar-refractivity contribution in [2.24, 2.45) is 0 Å². The average Bonchev–Trinajstić information content (AvgIpc) is 3.14. The smallest absolute Gasteiger partial charge is 0.349 e. The second-order valence-corrected chi connectivity index (χ2v) is 7.64. The zero-order valence-electron chi connectivity index (χ0n) is 14.8. The summed E-state index contributed by atoms with van der Waals surface area (Å²) in [5, 5.41) is 3.05. The van der Waals surface area contributed by atoms with Crippen LogP contribution in [-0.2, 0) is 16.1 Å². The number of hydrogen-bond acceptors (Lipinski definition) is 6. The number of ether oxygens (including phenoxy) is 2.